The molecule has 0 aliphatic rings. The molecule has 1 atom stereocenters. The Bertz CT molecular complexity index is 750. The maximum Gasteiger partial charge on any atom is 0.228 e. The van der Waals surface area contributed by atoms with E-state index in [4.69, 9.17) is 4.74 Å². The first kappa shape index (κ1) is 18.5. The van der Waals surface area contributed by atoms with Crippen LogP contribution < -0.4 is 15.2 Å². The number of nitrogens with one attached hydrogen (secondary N) is 1. The summed E-state index contributed by atoms with van der Waals surface area (Å²) in [6.07, 6.45) is -0.00848. The predicted molar refractivity (Wildman–Crippen MR) is 94.4 cm³/mol. The molecule has 2 aromatic carbocycles. The number of para-hydroxylation sites is 2. The Morgan fingerprint density at radius 2 is 1.76 bits per heavy atom. The molecule has 0 saturated heterocycles. The molecule has 2 rings (SSSR count). The minimum atomic E-state index is -1.25. The van der Waals surface area contributed by atoms with Crippen LogP contribution in [-0.4, -0.2) is 19.0 Å². The minimum absolute atomic E-state index is 0.331. The number of amides is 1. The number of carboxylic acids is 1. The Labute approximate surface area is 147 Å². The van der Waals surface area contributed by atoms with E-state index in [-0.39, 0.29) is 12.3 Å². The van der Waals surface area contributed by atoms with Gasteiger partial charge in [-0.15, -0.1) is 0 Å². The van der Waals surface area contributed by atoms with Crippen molar-refractivity contribution in [3.05, 3.63) is 59.2 Å². The number of methoxy groups -OCH3 is 1. The summed E-state index contributed by atoms with van der Waals surface area (Å²) in [4.78, 5) is 23.7. The number of rotatable bonds is 7. The molecule has 132 valence electrons. The fourth-order valence-electron chi connectivity index (χ4n) is 2.91. The van der Waals surface area contributed by atoms with Gasteiger partial charge >= 0.3 is 0 Å². The molecule has 5 nitrogen and oxygen atoms in total. The van der Waals surface area contributed by atoms with Crippen LogP contribution in [0.1, 0.15) is 23.1 Å². The second-order valence-electron chi connectivity index (χ2n) is 6.16. The highest BCUT2D eigenvalue weighted by Crippen LogP contribution is 2.25. The molecule has 0 unspecified atom stereocenters. The van der Waals surface area contributed by atoms with Gasteiger partial charge in [0.2, 0.25) is 5.91 Å². The molecule has 0 fully saturated rings. The van der Waals surface area contributed by atoms with Gasteiger partial charge in [-0.3, -0.25) is 4.79 Å². The van der Waals surface area contributed by atoms with E-state index in [1.807, 2.05) is 32.0 Å². The highest BCUT2D eigenvalue weighted by molar-refractivity contribution is 5.95. The molecule has 0 spiro atoms. The van der Waals surface area contributed by atoms with E-state index in [1.165, 1.54) is 7.11 Å². The molecule has 0 bridgehead atoms. The van der Waals surface area contributed by atoms with Crippen LogP contribution in [-0.2, 0) is 16.0 Å². The summed E-state index contributed by atoms with van der Waals surface area (Å²) in [5.41, 5.74) is 3.59. The van der Waals surface area contributed by atoms with Crippen molar-refractivity contribution in [2.45, 2.75) is 26.7 Å². The van der Waals surface area contributed by atoms with Crippen molar-refractivity contribution in [1.82, 2.24) is 0 Å². The first-order valence-corrected chi connectivity index (χ1v) is 8.10. The minimum Gasteiger partial charge on any atom is -0.550 e. The third kappa shape index (κ3) is 5.35. The topological polar surface area (TPSA) is 78.5 Å². The van der Waals surface area contributed by atoms with Crippen molar-refractivity contribution >= 4 is 17.6 Å². The number of aliphatic carboxylic acids is 1. The zero-order chi connectivity index (χ0) is 18.4. The van der Waals surface area contributed by atoms with Crippen molar-refractivity contribution in [3.63, 3.8) is 0 Å². The van der Waals surface area contributed by atoms with Crippen molar-refractivity contribution in [2.75, 3.05) is 12.4 Å². The van der Waals surface area contributed by atoms with Gasteiger partial charge in [0.25, 0.3) is 0 Å². The molecule has 1 N–H and O–H groups in total. The molecule has 0 aliphatic carbocycles. The highest BCUT2D eigenvalue weighted by atomic mass is 16.5. The zero-order valence-electron chi connectivity index (χ0n) is 14.7. The number of hydrogen-bond donors (Lipinski definition) is 1. The van der Waals surface area contributed by atoms with Crippen LogP contribution in [0.3, 0.4) is 0 Å². The fraction of sp³-hybridized carbons (Fsp3) is 0.300. The third-order valence-electron chi connectivity index (χ3n) is 3.91. The molecule has 1 amide bonds. The van der Waals surface area contributed by atoms with E-state index in [0.29, 0.717) is 17.9 Å². The normalized spacial score (nSPS) is 11.6. The molecule has 0 saturated carbocycles. The monoisotopic (exact) mass is 340 g/mol. The molecular weight excluding hydrogens is 318 g/mol. The van der Waals surface area contributed by atoms with Gasteiger partial charge in [-0.25, -0.2) is 0 Å². The lowest BCUT2D eigenvalue weighted by Gasteiger charge is -2.19. The lowest BCUT2D eigenvalue weighted by molar-refractivity contribution is -0.306. The Balaban J connectivity index is 2.21. The van der Waals surface area contributed by atoms with Crippen LogP contribution in [0, 0.1) is 19.8 Å². The standard InChI is InChI=1S/C20H23NO4/c1-13-8-14(2)10-15(9-13)11-16(12-19(22)23)20(24)21-17-6-4-5-7-18(17)25-3/h4-10,16H,11-12H2,1-3H3,(H,21,24)(H,22,23)/p-1/t16-/m0/s1. The third-order valence-corrected chi connectivity index (χ3v) is 3.91. The van der Waals surface area contributed by atoms with Crippen LogP contribution in [0.2, 0.25) is 0 Å². The number of carboxylic acid groups (broad SMARTS) is 1. The average molecular weight is 340 g/mol. The van der Waals surface area contributed by atoms with Crippen LogP contribution in [0.4, 0.5) is 5.69 Å². The Kier molecular flexibility index (Phi) is 6.17. The van der Waals surface area contributed by atoms with E-state index in [2.05, 4.69) is 5.32 Å². The smallest absolute Gasteiger partial charge is 0.228 e. The second kappa shape index (κ2) is 8.33. The van der Waals surface area contributed by atoms with Gasteiger partial charge in [0.1, 0.15) is 5.75 Å². The second-order valence-corrected chi connectivity index (χ2v) is 6.16. The zero-order valence-corrected chi connectivity index (χ0v) is 14.7. The summed E-state index contributed by atoms with van der Waals surface area (Å²) in [7, 11) is 1.51. The fourth-order valence-corrected chi connectivity index (χ4v) is 2.91. The van der Waals surface area contributed by atoms with Gasteiger partial charge in [0.05, 0.1) is 12.8 Å². The SMILES string of the molecule is COc1ccccc1NC(=O)[C@H](CC(=O)[O-])Cc1cc(C)cc(C)c1. The van der Waals surface area contributed by atoms with Crippen molar-refractivity contribution in [1.29, 1.82) is 0 Å². The molecule has 2 aromatic rings. The van der Waals surface area contributed by atoms with Crippen LogP contribution in [0.5, 0.6) is 5.75 Å². The molecule has 0 radical (unpaired) electrons. The van der Waals surface area contributed by atoms with Gasteiger partial charge in [-0.2, -0.15) is 0 Å². The summed E-state index contributed by atoms with van der Waals surface area (Å²) < 4.78 is 5.21. The summed E-state index contributed by atoms with van der Waals surface area (Å²) in [6.45, 7) is 3.94. The van der Waals surface area contributed by atoms with Crippen LogP contribution in [0.25, 0.3) is 0 Å². The predicted octanol–water partition coefficient (Wildman–Crippen LogP) is 2.25. The number of ether oxygens (including phenoxy) is 1. The Hall–Kier alpha value is -2.82. The van der Waals surface area contributed by atoms with E-state index in [9.17, 15) is 14.7 Å². The van der Waals surface area contributed by atoms with Crippen molar-refractivity contribution < 1.29 is 19.4 Å². The largest absolute Gasteiger partial charge is 0.550 e. The first-order chi connectivity index (χ1) is 11.9. The van der Waals surface area contributed by atoms with Gasteiger partial charge in [-0.05, 0) is 44.4 Å². The Morgan fingerprint density at radius 1 is 1.12 bits per heavy atom. The molecule has 5 heteroatoms. The van der Waals surface area contributed by atoms with Gasteiger partial charge in [0.15, 0.2) is 0 Å². The van der Waals surface area contributed by atoms with E-state index < -0.39 is 11.9 Å². The maximum absolute atomic E-state index is 12.6. The van der Waals surface area contributed by atoms with Crippen molar-refractivity contribution in [3.8, 4) is 5.75 Å². The van der Waals surface area contributed by atoms with Gasteiger partial charge in [0, 0.05) is 11.9 Å². The van der Waals surface area contributed by atoms with Gasteiger partial charge in [-0.1, -0.05) is 41.5 Å². The maximum atomic E-state index is 12.6. The average Bonchev–Trinajstić information content (AvgIpc) is 2.53. The quantitative estimate of drug-likeness (QED) is 0.838. The lowest BCUT2D eigenvalue weighted by atomic mass is 9.93. The molecular formula is C20H22NO4-. The number of carbonyl (C=O) groups excluding carboxylic acids is 2. The molecule has 0 heterocycles. The highest BCUT2D eigenvalue weighted by Gasteiger charge is 2.21. The number of anilines is 1. The summed E-state index contributed by atoms with van der Waals surface area (Å²) in [5, 5.41) is 13.9. The van der Waals surface area contributed by atoms with Gasteiger partial charge < -0.3 is 20.0 Å². The number of aryl methyl sites for hydroxylation is 2. The van der Waals surface area contributed by atoms with Crippen molar-refractivity contribution in [2.24, 2.45) is 5.92 Å². The molecule has 0 aromatic heterocycles. The van der Waals surface area contributed by atoms with E-state index >= 15 is 0 Å². The number of carbonyl (C=O) groups is 2. The Morgan fingerprint density at radius 3 is 2.36 bits per heavy atom. The number of hydrogen-bond acceptors (Lipinski definition) is 4. The molecule has 25 heavy (non-hydrogen) atoms. The van der Waals surface area contributed by atoms with Crippen LogP contribution >= 0.6 is 0 Å². The van der Waals surface area contributed by atoms with E-state index in [0.717, 1.165) is 16.7 Å². The van der Waals surface area contributed by atoms with Crippen LogP contribution in [0.15, 0.2) is 42.5 Å². The summed E-state index contributed by atoms with van der Waals surface area (Å²) in [5.74, 6) is -1.82. The summed E-state index contributed by atoms with van der Waals surface area (Å²) in [6, 6.07) is 13.0. The number of benzene rings is 2. The summed E-state index contributed by atoms with van der Waals surface area (Å²) >= 11 is 0. The van der Waals surface area contributed by atoms with E-state index in [1.54, 1.807) is 24.3 Å². The molecule has 0 aliphatic heterocycles. The lowest BCUT2D eigenvalue weighted by Crippen LogP contribution is -2.32. The first-order valence-electron chi connectivity index (χ1n) is 8.10.